The third-order valence-corrected chi connectivity index (χ3v) is 7.06. The van der Waals surface area contributed by atoms with Crippen LogP contribution in [0.2, 0.25) is 0 Å². The first kappa shape index (κ1) is 12.2. The molecule has 1 amide bonds. The molecule has 92 valence electrons. The first-order valence-corrected chi connectivity index (χ1v) is 8.24. The highest BCUT2D eigenvalue weighted by atomic mass is 79.9. The summed E-state index contributed by atoms with van der Waals surface area (Å²) < 4.78 is 1.93. The van der Waals surface area contributed by atoms with Crippen LogP contribution >= 0.6 is 43.2 Å². The van der Waals surface area contributed by atoms with Gasteiger partial charge >= 0.3 is 0 Å². The Kier molecular flexibility index (Phi) is 3.12. The molecule has 2 aliphatic rings. The Morgan fingerprint density at radius 2 is 2.18 bits per heavy atom. The van der Waals surface area contributed by atoms with Gasteiger partial charge in [-0.1, -0.05) is 0 Å². The molecule has 2 saturated carbocycles. The molecule has 1 aromatic heterocycles. The Bertz CT molecular complexity index is 444. The lowest BCUT2D eigenvalue weighted by molar-refractivity contribution is 0.0946. The summed E-state index contributed by atoms with van der Waals surface area (Å²) >= 11 is 8.29. The number of thiophene rings is 1. The van der Waals surface area contributed by atoms with Gasteiger partial charge in [0.15, 0.2) is 0 Å². The van der Waals surface area contributed by atoms with Gasteiger partial charge in [-0.3, -0.25) is 4.79 Å². The van der Waals surface area contributed by atoms with Crippen LogP contribution in [0.5, 0.6) is 0 Å². The van der Waals surface area contributed by atoms with Gasteiger partial charge in [-0.25, -0.2) is 0 Å². The highest BCUT2D eigenvalue weighted by Crippen LogP contribution is 2.60. The van der Waals surface area contributed by atoms with E-state index in [9.17, 15) is 4.79 Å². The van der Waals surface area contributed by atoms with Crippen molar-refractivity contribution in [1.29, 1.82) is 0 Å². The van der Waals surface area contributed by atoms with Crippen LogP contribution < -0.4 is 5.32 Å². The van der Waals surface area contributed by atoms with Gasteiger partial charge in [-0.05, 0) is 74.9 Å². The number of carbonyl (C=O) groups is 1. The van der Waals surface area contributed by atoms with Gasteiger partial charge < -0.3 is 5.32 Å². The molecule has 1 N–H and O–H groups in total. The molecule has 5 heteroatoms. The van der Waals surface area contributed by atoms with Crippen LogP contribution in [0.4, 0.5) is 0 Å². The summed E-state index contributed by atoms with van der Waals surface area (Å²) in [5.41, 5.74) is 0.474. The van der Waals surface area contributed by atoms with E-state index in [0.29, 0.717) is 5.41 Å². The van der Waals surface area contributed by atoms with E-state index >= 15 is 0 Å². The average Bonchev–Trinajstić information content (AvgIpc) is 3.16. The summed E-state index contributed by atoms with van der Waals surface area (Å²) in [6, 6.07) is 1.88. The fraction of sp³-hybridized carbons (Fsp3) is 0.583. The number of amides is 1. The van der Waals surface area contributed by atoms with Crippen LogP contribution in [-0.2, 0) is 0 Å². The van der Waals surface area contributed by atoms with Crippen LogP contribution in [-0.4, -0.2) is 12.5 Å². The largest absolute Gasteiger partial charge is 0.351 e. The molecule has 0 spiro atoms. The summed E-state index contributed by atoms with van der Waals surface area (Å²) in [6.07, 6.45) is 5.34. The molecule has 17 heavy (non-hydrogen) atoms. The number of carbonyl (C=O) groups excluding carboxylic acids is 1. The van der Waals surface area contributed by atoms with Crippen molar-refractivity contribution in [3.8, 4) is 0 Å². The maximum Gasteiger partial charge on any atom is 0.261 e. The summed E-state index contributed by atoms with van der Waals surface area (Å²) in [5, 5.41) is 3.09. The van der Waals surface area contributed by atoms with Crippen molar-refractivity contribution in [2.24, 2.45) is 11.3 Å². The molecule has 0 aliphatic heterocycles. The molecule has 0 aromatic carbocycles. The number of hydrogen-bond donors (Lipinski definition) is 1. The lowest BCUT2D eigenvalue weighted by Crippen LogP contribution is -2.30. The lowest BCUT2D eigenvalue weighted by Gasteiger charge is -2.14. The minimum Gasteiger partial charge on any atom is -0.351 e. The van der Waals surface area contributed by atoms with Crippen LogP contribution in [0.3, 0.4) is 0 Å². The van der Waals surface area contributed by atoms with Gasteiger partial charge in [0.2, 0.25) is 0 Å². The molecule has 1 heterocycles. The maximum atomic E-state index is 12.0. The monoisotopic (exact) mass is 377 g/mol. The Morgan fingerprint density at radius 1 is 1.47 bits per heavy atom. The Morgan fingerprint density at radius 3 is 2.65 bits per heavy atom. The van der Waals surface area contributed by atoms with Crippen LogP contribution in [0.1, 0.15) is 35.4 Å². The van der Waals surface area contributed by atoms with Crippen molar-refractivity contribution in [2.75, 3.05) is 6.54 Å². The molecule has 3 rings (SSSR count). The highest BCUT2D eigenvalue weighted by Gasteiger charge is 2.53. The topological polar surface area (TPSA) is 29.1 Å². The van der Waals surface area contributed by atoms with E-state index in [4.69, 9.17) is 0 Å². The van der Waals surface area contributed by atoms with E-state index in [2.05, 4.69) is 37.2 Å². The molecule has 0 radical (unpaired) electrons. The Hall–Kier alpha value is 0.130. The summed E-state index contributed by atoms with van der Waals surface area (Å²) in [5.74, 6) is 0.956. The van der Waals surface area contributed by atoms with Crippen molar-refractivity contribution >= 4 is 49.1 Å². The van der Waals surface area contributed by atoms with E-state index < -0.39 is 0 Å². The number of hydrogen-bond acceptors (Lipinski definition) is 2. The van der Waals surface area contributed by atoms with E-state index in [-0.39, 0.29) is 5.91 Å². The van der Waals surface area contributed by atoms with Gasteiger partial charge in [0.25, 0.3) is 5.91 Å². The van der Waals surface area contributed by atoms with Gasteiger partial charge in [0.1, 0.15) is 0 Å². The molecule has 0 unspecified atom stereocenters. The zero-order valence-corrected chi connectivity index (χ0v) is 13.3. The number of rotatable bonds is 4. The molecule has 0 atom stereocenters. The standard InChI is InChI=1S/C12H13Br2NOS/c13-8-5-9(17-10(8)14)11(16)15-6-12(3-4-12)7-1-2-7/h5,7H,1-4,6H2,(H,15,16). The molecule has 2 aliphatic carbocycles. The predicted molar refractivity (Wildman–Crippen MR) is 76.4 cm³/mol. The third kappa shape index (κ3) is 2.47. The predicted octanol–water partition coefficient (Wildman–Crippen LogP) is 4.19. The second-order valence-electron chi connectivity index (χ2n) is 5.05. The zero-order valence-electron chi connectivity index (χ0n) is 9.26. The van der Waals surface area contributed by atoms with Crippen LogP contribution in [0.25, 0.3) is 0 Å². The Balaban J connectivity index is 1.60. The van der Waals surface area contributed by atoms with Crippen molar-refractivity contribution in [1.82, 2.24) is 5.32 Å². The average molecular weight is 379 g/mol. The molecular formula is C12H13Br2NOS. The van der Waals surface area contributed by atoms with Crippen molar-refractivity contribution in [2.45, 2.75) is 25.7 Å². The summed E-state index contributed by atoms with van der Waals surface area (Å²) in [4.78, 5) is 12.8. The van der Waals surface area contributed by atoms with Crippen LogP contribution in [0, 0.1) is 11.3 Å². The zero-order chi connectivity index (χ0) is 12.0. The van der Waals surface area contributed by atoms with Crippen molar-refractivity contribution < 1.29 is 4.79 Å². The molecule has 2 fully saturated rings. The molecule has 1 aromatic rings. The second kappa shape index (κ2) is 4.35. The quantitative estimate of drug-likeness (QED) is 0.835. The first-order valence-electron chi connectivity index (χ1n) is 5.84. The van der Waals surface area contributed by atoms with E-state index in [0.717, 1.165) is 25.6 Å². The third-order valence-electron chi connectivity index (χ3n) is 3.81. The molecule has 0 saturated heterocycles. The van der Waals surface area contributed by atoms with E-state index in [1.165, 1.54) is 37.0 Å². The molecule has 0 bridgehead atoms. The highest BCUT2D eigenvalue weighted by molar-refractivity contribution is 9.13. The van der Waals surface area contributed by atoms with E-state index in [1.807, 2.05) is 6.07 Å². The van der Waals surface area contributed by atoms with Crippen molar-refractivity contribution in [3.63, 3.8) is 0 Å². The van der Waals surface area contributed by atoms with Crippen LogP contribution in [0.15, 0.2) is 14.3 Å². The summed E-state index contributed by atoms with van der Waals surface area (Å²) in [7, 11) is 0. The van der Waals surface area contributed by atoms with Gasteiger partial charge in [-0.15, -0.1) is 11.3 Å². The SMILES string of the molecule is O=C(NCC1(C2CC2)CC1)c1cc(Br)c(Br)s1. The van der Waals surface area contributed by atoms with Crippen molar-refractivity contribution in [3.05, 3.63) is 19.2 Å². The van der Waals surface area contributed by atoms with Gasteiger partial charge in [0, 0.05) is 11.0 Å². The number of halogens is 2. The normalized spacial score (nSPS) is 21.3. The van der Waals surface area contributed by atoms with E-state index in [1.54, 1.807) is 0 Å². The lowest BCUT2D eigenvalue weighted by atomic mass is 10.0. The summed E-state index contributed by atoms with van der Waals surface area (Å²) in [6.45, 7) is 0.865. The first-order chi connectivity index (χ1) is 8.11. The molecule has 2 nitrogen and oxygen atoms in total. The minimum atomic E-state index is 0.0633. The minimum absolute atomic E-state index is 0.0633. The van der Waals surface area contributed by atoms with Gasteiger partial charge in [0.05, 0.1) is 8.66 Å². The fourth-order valence-corrected chi connectivity index (χ4v) is 4.34. The number of nitrogens with one attached hydrogen (secondary N) is 1. The van der Waals surface area contributed by atoms with Gasteiger partial charge in [-0.2, -0.15) is 0 Å². The Labute approximate surface area is 121 Å². The molecular weight excluding hydrogens is 366 g/mol. The fourth-order valence-electron chi connectivity index (χ4n) is 2.39. The second-order valence-corrected chi connectivity index (χ2v) is 8.28. The maximum absolute atomic E-state index is 12.0. The smallest absolute Gasteiger partial charge is 0.261 e.